The molecule has 0 amide bonds. The molecule has 0 N–H and O–H groups in total. The van der Waals surface area contributed by atoms with Gasteiger partial charge in [0.2, 0.25) is 0 Å². The second-order valence-electron chi connectivity index (χ2n) is 6.53. The molecule has 0 aromatic rings. The first-order valence-corrected chi connectivity index (χ1v) is 8.58. The molecule has 0 heterocycles. The van der Waals surface area contributed by atoms with Crippen LogP contribution < -0.4 is 0 Å². The zero-order valence-corrected chi connectivity index (χ0v) is 15.2. The Hall–Kier alpha value is -1.41. The maximum absolute atomic E-state index is 11.3. The van der Waals surface area contributed by atoms with Gasteiger partial charge in [0, 0.05) is 18.7 Å². The van der Waals surface area contributed by atoms with Crippen molar-refractivity contribution in [2.75, 3.05) is 5.88 Å². The maximum atomic E-state index is 11.3. The summed E-state index contributed by atoms with van der Waals surface area (Å²) in [5.74, 6) is 1.65. The Labute approximate surface area is 145 Å². The Balaban J connectivity index is 0.000000231. The topological polar surface area (TPSA) is 34.1 Å². The van der Waals surface area contributed by atoms with Crippen LogP contribution in [0, 0.1) is 11.8 Å². The number of carbonyl (C=O) groups is 2. The lowest BCUT2D eigenvalue weighted by atomic mass is 9.85. The molecule has 0 unspecified atom stereocenters. The van der Waals surface area contributed by atoms with Gasteiger partial charge in [-0.15, -0.1) is 11.6 Å². The van der Waals surface area contributed by atoms with Crippen LogP contribution in [-0.4, -0.2) is 17.4 Å². The number of Topliss-reactive ketones (excluding diaryl/α,β-unsaturated/α-hetero) is 2. The van der Waals surface area contributed by atoms with E-state index >= 15 is 0 Å². The van der Waals surface area contributed by atoms with Crippen LogP contribution in [0.5, 0.6) is 0 Å². The molecule has 0 radical (unpaired) electrons. The van der Waals surface area contributed by atoms with Gasteiger partial charge in [0.05, 0.1) is 0 Å². The highest BCUT2D eigenvalue weighted by atomic mass is 35.5. The fraction of sp³-hybridized carbons (Fsp3) is 0.500. The summed E-state index contributed by atoms with van der Waals surface area (Å²) in [5, 5.41) is 0. The molecule has 3 heteroatoms. The summed E-state index contributed by atoms with van der Waals surface area (Å²) in [6.07, 6.45) is 7.17. The van der Waals surface area contributed by atoms with E-state index in [-0.39, 0.29) is 17.5 Å². The Morgan fingerprint density at radius 3 is 1.87 bits per heavy atom. The first kappa shape index (κ1) is 19.6. The van der Waals surface area contributed by atoms with Crippen LogP contribution in [-0.2, 0) is 9.59 Å². The quantitative estimate of drug-likeness (QED) is 0.525. The van der Waals surface area contributed by atoms with Crippen molar-refractivity contribution in [3.05, 3.63) is 47.6 Å². The minimum Gasteiger partial charge on any atom is -0.295 e. The lowest BCUT2D eigenvalue weighted by molar-refractivity contribution is -0.117. The van der Waals surface area contributed by atoms with Crippen LogP contribution in [0.1, 0.15) is 46.5 Å². The summed E-state index contributed by atoms with van der Waals surface area (Å²) in [6.45, 7) is 13.4. The number of hydrogen-bond acceptors (Lipinski definition) is 2. The van der Waals surface area contributed by atoms with Gasteiger partial charge in [-0.25, -0.2) is 0 Å². The molecule has 0 spiro atoms. The van der Waals surface area contributed by atoms with Crippen molar-refractivity contribution >= 4 is 23.2 Å². The lowest BCUT2D eigenvalue weighted by Gasteiger charge is -2.20. The second-order valence-corrected chi connectivity index (χ2v) is 6.80. The number of carbonyl (C=O) groups excluding carboxylic acids is 2. The number of alkyl halides is 1. The number of halogens is 1. The van der Waals surface area contributed by atoms with Crippen molar-refractivity contribution in [2.24, 2.45) is 11.8 Å². The molecule has 0 bridgehead atoms. The molecule has 2 nitrogen and oxygen atoms in total. The second kappa shape index (κ2) is 9.02. The molecule has 0 fully saturated rings. The Morgan fingerprint density at radius 2 is 1.48 bits per heavy atom. The fourth-order valence-corrected chi connectivity index (χ4v) is 2.82. The third-order valence-electron chi connectivity index (χ3n) is 4.61. The van der Waals surface area contributed by atoms with Crippen LogP contribution in [0.15, 0.2) is 47.6 Å². The van der Waals surface area contributed by atoms with Crippen molar-refractivity contribution < 1.29 is 9.59 Å². The fourth-order valence-electron chi connectivity index (χ4n) is 2.60. The number of ketones is 2. The highest BCUT2D eigenvalue weighted by Gasteiger charge is 2.21. The Morgan fingerprint density at radius 1 is 1.04 bits per heavy atom. The zero-order chi connectivity index (χ0) is 17.6. The zero-order valence-electron chi connectivity index (χ0n) is 14.5. The molecular formula is C20H27ClO2. The summed E-state index contributed by atoms with van der Waals surface area (Å²) in [5.41, 5.74) is 3.91. The molecule has 23 heavy (non-hydrogen) atoms. The Kier molecular flexibility index (Phi) is 7.70. The van der Waals surface area contributed by atoms with E-state index in [0.717, 1.165) is 35.1 Å². The van der Waals surface area contributed by atoms with Crippen molar-refractivity contribution in [3.63, 3.8) is 0 Å². The van der Waals surface area contributed by atoms with E-state index in [4.69, 9.17) is 11.6 Å². The van der Waals surface area contributed by atoms with Gasteiger partial charge in [0.1, 0.15) is 0 Å². The largest absolute Gasteiger partial charge is 0.295 e. The maximum Gasteiger partial charge on any atom is 0.158 e. The third kappa shape index (κ3) is 5.95. The molecule has 0 aliphatic heterocycles. The van der Waals surface area contributed by atoms with E-state index in [1.165, 1.54) is 0 Å². The molecule has 2 rings (SSSR count). The summed E-state index contributed by atoms with van der Waals surface area (Å²) >= 11 is 5.64. The van der Waals surface area contributed by atoms with E-state index in [1.807, 2.05) is 32.9 Å². The van der Waals surface area contributed by atoms with Crippen molar-refractivity contribution in [1.82, 2.24) is 0 Å². The normalized spacial score (nSPS) is 24.2. The molecule has 2 aliphatic rings. The SMILES string of the molecule is C=C(C)[C@@H]1CC=C(C)C(=O)C1.C=C(CCl)[C@@H]1CC=C(C)C(=O)C1. The average molecular weight is 335 g/mol. The first-order valence-electron chi connectivity index (χ1n) is 8.05. The predicted octanol–water partition coefficient (Wildman–Crippen LogP) is 5.19. The van der Waals surface area contributed by atoms with Gasteiger partial charge in [-0.05, 0) is 56.6 Å². The van der Waals surface area contributed by atoms with Gasteiger partial charge in [-0.2, -0.15) is 0 Å². The molecule has 0 saturated heterocycles. The van der Waals surface area contributed by atoms with Crippen LogP contribution >= 0.6 is 11.6 Å². The van der Waals surface area contributed by atoms with E-state index in [0.29, 0.717) is 24.6 Å². The monoisotopic (exact) mass is 334 g/mol. The predicted molar refractivity (Wildman–Crippen MR) is 97.7 cm³/mol. The molecule has 2 aliphatic carbocycles. The molecular weight excluding hydrogens is 308 g/mol. The molecule has 0 saturated carbocycles. The highest BCUT2D eigenvalue weighted by Crippen LogP contribution is 2.26. The lowest BCUT2D eigenvalue weighted by Crippen LogP contribution is -2.16. The van der Waals surface area contributed by atoms with Gasteiger partial charge >= 0.3 is 0 Å². The van der Waals surface area contributed by atoms with Crippen molar-refractivity contribution in [1.29, 1.82) is 0 Å². The summed E-state index contributed by atoms with van der Waals surface area (Å²) in [6, 6.07) is 0. The van der Waals surface area contributed by atoms with E-state index < -0.39 is 0 Å². The van der Waals surface area contributed by atoms with Gasteiger partial charge in [0.15, 0.2) is 11.6 Å². The number of allylic oxidation sites excluding steroid dienone is 6. The first-order chi connectivity index (χ1) is 10.8. The van der Waals surface area contributed by atoms with Gasteiger partial charge in [-0.3, -0.25) is 9.59 Å². The summed E-state index contributed by atoms with van der Waals surface area (Å²) in [4.78, 5) is 22.5. The van der Waals surface area contributed by atoms with E-state index in [2.05, 4.69) is 13.2 Å². The highest BCUT2D eigenvalue weighted by molar-refractivity contribution is 6.19. The molecule has 0 aromatic carbocycles. The number of hydrogen-bond donors (Lipinski definition) is 0. The summed E-state index contributed by atoms with van der Waals surface area (Å²) in [7, 11) is 0. The van der Waals surface area contributed by atoms with Crippen molar-refractivity contribution in [2.45, 2.75) is 46.5 Å². The van der Waals surface area contributed by atoms with Crippen LogP contribution in [0.3, 0.4) is 0 Å². The van der Waals surface area contributed by atoms with Gasteiger partial charge < -0.3 is 0 Å². The smallest absolute Gasteiger partial charge is 0.158 e. The van der Waals surface area contributed by atoms with E-state index in [9.17, 15) is 9.59 Å². The minimum absolute atomic E-state index is 0.234. The average Bonchev–Trinajstić information content (AvgIpc) is 2.52. The van der Waals surface area contributed by atoms with Gasteiger partial charge in [-0.1, -0.05) is 36.5 Å². The molecule has 0 aromatic heterocycles. The van der Waals surface area contributed by atoms with Crippen LogP contribution in [0.4, 0.5) is 0 Å². The van der Waals surface area contributed by atoms with E-state index in [1.54, 1.807) is 0 Å². The van der Waals surface area contributed by atoms with Crippen LogP contribution in [0.2, 0.25) is 0 Å². The molecule has 126 valence electrons. The van der Waals surface area contributed by atoms with Crippen LogP contribution in [0.25, 0.3) is 0 Å². The summed E-state index contributed by atoms with van der Waals surface area (Å²) < 4.78 is 0. The minimum atomic E-state index is 0.234. The van der Waals surface area contributed by atoms with Crippen molar-refractivity contribution in [3.8, 4) is 0 Å². The molecule has 2 atom stereocenters. The Bertz CT molecular complexity index is 566. The van der Waals surface area contributed by atoms with Gasteiger partial charge in [0.25, 0.3) is 0 Å². The number of rotatable bonds is 3. The third-order valence-corrected chi connectivity index (χ3v) is 4.95. The standard InChI is InChI=1S/C10H13ClO.C10H14O/c1-7-3-4-9(5-10(7)12)8(2)6-11;1-7(2)9-5-4-8(3)10(11)6-9/h3,9H,2,4-6H2,1H3;4,9H,1,5-6H2,2-3H3/t2*9-/m11/s1.